The number of rotatable bonds is 8. The number of hydrogen-bond acceptors (Lipinski definition) is 10. The maximum atomic E-state index is 13.6. The first-order chi connectivity index (χ1) is 19.8. The number of hydrogen-bond donors (Lipinski definition) is 2. The quantitative estimate of drug-likeness (QED) is 0.261. The highest BCUT2D eigenvalue weighted by Crippen LogP contribution is 2.23. The molecule has 41 heavy (non-hydrogen) atoms. The minimum atomic E-state index is -0.424. The molecule has 5 heterocycles. The molecule has 5 aromatic rings. The molecule has 2 N–H and O–H groups in total. The first-order valence-electron chi connectivity index (χ1n) is 12.6. The number of aryl methyl sites for hydroxylation is 3. The first kappa shape index (κ1) is 27.2. The van der Waals surface area contributed by atoms with Gasteiger partial charge in [0, 0.05) is 60.6 Å². The summed E-state index contributed by atoms with van der Waals surface area (Å²) in [7, 11) is 1.65. The molecule has 5 rings (SSSR count). The number of nitrogens with zero attached hydrogens (tertiary/aromatic N) is 7. The molecular weight excluding hydrogens is 525 g/mol. The molecule has 206 valence electrons. The average molecular weight is 552 g/mol. The number of halogens is 1. The van der Waals surface area contributed by atoms with E-state index in [2.05, 4.69) is 45.7 Å². The van der Waals surface area contributed by atoms with E-state index in [-0.39, 0.29) is 12.5 Å². The number of pyridine rings is 3. The van der Waals surface area contributed by atoms with Crippen molar-refractivity contribution in [2.24, 2.45) is 4.99 Å². The van der Waals surface area contributed by atoms with Crippen LogP contribution in [-0.4, -0.2) is 49.2 Å². The van der Waals surface area contributed by atoms with Crippen molar-refractivity contribution in [2.75, 3.05) is 12.4 Å². The van der Waals surface area contributed by atoms with Gasteiger partial charge in [0.05, 0.1) is 18.1 Å². The number of amides is 1. The zero-order valence-corrected chi connectivity index (χ0v) is 22.8. The Bertz CT molecular complexity index is 1750. The van der Waals surface area contributed by atoms with E-state index in [1.165, 1.54) is 12.3 Å². The minimum Gasteiger partial charge on any atom is -0.353 e. The average Bonchev–Trinajstić information content (AvgIpc) is 3.39. The molecule has 12 heteroatoms. The third-order valence-electron chi connectivity index (χ3n) is 6.05. The Morgan fingerprint density at radius 2 is 1.85 bits per heavy atom. The van der Waals surface area contributed by atoms with Gasteiger partial charge in [-0.3, -0.25) is 24.7 Å². The van der Waals surface area contributed by atoms with E-state index in [4.69, 9.17) is 4.52 Å². The second kappa shape index (κ2) is 11.8. The van der Waals surface area contributed by atoms with Crippen LogP contribution in [0.2, 0.25) is 0 Å². The summed E-state index contributed by atoms with van der Waals surface area (Å²) in [5.41, 5.74) is 5.04. The molecule has 0 bridgehead atoms. The van der Waals surface area contributed by atoms with Crippen LogP contribution in [0.15, 0.2) is 64.5 Å². The Hall–Kier alpha value is -5.39. The smallest absolute Gasteiger partial charge is 0.270 e. The number of nitrogens with one attached hydrogen (secondary N) is 2. The number of carbonyl (C=O) groups is 1. The van der Waals surface area contributed by atoms with E-state index in [9.17, 15) is 9.18 Å². The van der Waals surface area contributed by atoms with E-state index >= 15 is 0 Å². The summed E-state index contributed by atoms with van der Waals surface area (Å²) in [4.78, 5) is 38.7. The highest BCUT2D eigenvalue weighted by Gasteiger charge is 2.15. The Kier molecular flexibility index (Phi) is 7.81. The highest BCUT2D eigenvalue weighted by molar-refractivity contribution is 5.94. The first-order valence-corrected chi connectivity index (χ1v) is 12.6. The van der Waals surface area contributed by atoms with Crippen molar-refractivity contribution >= 4 is 23.8 Å². The molecule has 0 aliphatic rings. The van der Waals surface area contributed by atoms with Gasteiger partial charge in [-0.2, -0.15) is 0 Å². The van der Waals surface area contributed by atoms with Gasteiger partial charge >= 0.3 is 0 Å². The molecule has 5 aromatic heterocycles. The summed E-state index contributed by atoms with van der Waals surface area (Å²) in [6.07, 6.45) is 5.94. The van der Waals surface area contributed by atoms with Crippen LogP contribution >= 0.6 is 0 Å². The number of carbonyl (C=O) groups excluding carboxylic acids is 1. The molecule has 1 amide bonds. The van der Waals surface area contributed by atoms with Crippen LogP contribution in [0.5, 0.6) is 0 Å². The molecular formula is C29H26FN9O2. The van der Waals surface area contributed by atoms with Gasteiger partial charge in [-0.1, -0.05) is 11.2 Å². The third kappa shape index (κ3) is 6.44. The van der Waals surface area contributed by atoms with Crippen LogP contribution in [0.3, 0.4) is 0 Å². The van der Waals surface area contributed by atoms with E-state index in [1.54, 1.807) is 57.7 Å². The summed E-state index contributed by atoms with van der Waals surface area (Å²) < 4.78 is 18.8. The molecule has 0 atom stereocenters. The number of aromatic nitrogens is 6. The molecule has 11 nitrogen and oxygen atoms in total. The lowest BCUT2D eigenvalue weighted by molar-refractivity contribution is 0.0945. The van der Waals surface area contributed by atoms with Gasteiger partial charge in [0.15, 0.2) is 17.4 Å². The molecule has 0 spiro atoms. The van der Waals surface area contributed by atoms with Gasteiger partial charge < -0.3 is 15.2 Å². The zero-order valence-electron chi connectivity index (χ0n) is 22.8. The van der Waals surface area contributed by atoms with Crippen molar-refractivity contribution in [3.05, 3.63) is 94.8 Å². The maximum Gasteiger partial charge on any atom is 0.270 e. The van der Waals surface area contributed by atoms with E-state index in [0.717, 1.165) is 11.3 Å². The molecule has 0 aromatic carbocycles. The Morgan fingerprint density at radius 1 is 1.00 bits per heavy atom. The van der Waals surface area contributed by atoms with E-state index < -0.39 is 5.82 Å². The normalized spacial score (nSPS) is 11.1. The summed E-state index contributed by atoms with van der Waals surface area (Å²) >= 11 is 0. The maximum absolute atomic E-state index is 13.6. The number of aliphatic imine (C=N–C) groups is 1. The van der Waals surface area contributed by atoms with Gasteiger partial charge in [0.1, 0.15) is 17.3 Å². The summed E-state index contributed by atoms with van der Waals surface area (Å²) in [6.45, 7) is 5.70. The summed E-state index contributed by atoms with van der Waals surface area (Å²) in [5.74, 6) is 1.23. The van der Waals surface area contributed by atoms with Crippen LogP contribution in [0.25, 0.3) is 22.6 Å². The fourth-order valence-electron chi connectivity index (χ4n) is 4.09. The minimum absolute atomic E-state index is 0.249. The molecule has 0 radical (unpaired) electrons. The van der Waals surface area contributed by atoms with Gasteiger partial charge in [-0.15, -0.1) is 0 Å². The lowest BCUT2D eigenvalue weighted by Crippen LogP contribution is -2.24. The Balaban J connectivity index is 1.26. The lowest BCUT2D eigenvalue weighted by atomic mass is 10.1. The van der Waals surface area contributed by atoms with Crippen LogP contribution in [-0.2, 0) is 6.54 Å². The fraction of sp³-hybridized carbons (Fsp3) is 0.172. The zero-order chi connectivity index (χ0) is 28.9. The summed E-state index contributed by atoms with van der Waals surface area (Å²) in [6, 6.07) is 10.3. The van der Waals surface area contributed by atoms with E-state index in [0.29, 0.717) is 57.0 Å². The van der Waals surface area contributed by atoms with E-state index in [1.807, 2.05) is 19.1 Å². The van der Waals surface area contributed by atoms with Crippen LogP contribution in [0.4, 0.5) is 16.0 Å². The van der Waals surface area contributed by atoms with Crippen molar-refractivity contribution in [1.82, 2.24) is 35.4 Å². The number of anilines is 2. The molecule has 0 saturated heterocycles. The molecule has 0 aliphatic carbocycles. The Morgan fingerprint density at radius 3 is 2.61 bits per heavy atom. The van der Waals surface area contributed by atoms with Crippen molar-refractivity contribution in [3.8, 4) is 22.6 Å². The predicted molar refractivity (Wildman–Crippen MR) is 151 cm³/mol. The van der Waals surface area contributed by atoms with Gasteiger partial charge in [0.25, 0.3) is 5.91 Å². The van der Waals surface area contributed by atoms with Gasteiger partial charge in [-0.25, -0.2) is 14.4 Å². The van der Waals surface area contributed by atoms with Crippen molar-refractivity contribution in [2.45, 2.75) is 27.3 Å². The van der Waals surface area contributed by atoms with Crippen molar-refractivity contribution in [3.63, 3.8) is 0 Å². The Labute approximate surface area is 235 Å². The highest BCUT2D eigenvalue weighted by atomic mass is 19.1. The van der Waals surface area contributed by atoms with Gasteiger partial charge in [-0.05, 0) is 50.1 Å². The molecule has 0 unspecified atom stereocenters. The van der Waals surface area contributed by atoms with Crippen LogP contribution in [0, 0.1) is 26.6 Å². The fourth-order valence-corrected chi connectivity index (χ4v) is 4.09. The third-order valence-corrected chi connectivity index (χ3v) is 6.05. The SMILES string of the molecule is CN=Cc1cc(Nc2cc(C)nc(-c3cnc(C(=O)NCc4ccc(-c5cc(F)cnc5C)nc4)c(C)c3)n2)no1. The van der Waals surface area contributed by atoms with Crippen LogP contribution in [0.1, 0.15) is 38.8 Å². The molecule has 0 aliphatic heterocycles. The van der Waals surface area contributed by atoms with Crippen molar-refractivity contribution in [1.29, 1.82) is 0 Å². The van der Waals surface area contributed by atoms with Crippen LogP contribution < -0.4 is 10.6 Å². The predicted octanol–water partition coefficient (Wildman–Crippen LogP) is 4.77. The summed E-state index contributed by atoms with van der Waals surface area (Å²) in [5, 5.41) is 9.93. The van der Waals surface area contributed by atoms with Crippen molar-refractivity contribution < 1.29 is 13.7 Å². The second-order valence-electron chi connectivity index (χ2n) is 9.26. The largest absolute Gasteiger partial charge is 0.353 e. The van der Waals surface area contributed by atoms with Gasteiger partial charge in [0.2, 0.25) is 0 Å². The standard InChI is InChI=1S/C29H26FN9O2/c1-16-7-20(28-36-17(2)8-25(38-28)37-26-10-22(15-31-4)41-39-26)13-34-27(16)29(40)35-12-19-5-6-24(33-11-19)23-9-21(30)14-32-18(23)3/h5-11,13-15H,12H2,1-4H3,(H,35,40)(H,36,37,38,39). The second-order valence-corrected chi connectivity index (χ2v) is 9.26. The molecule has 0 saturated carbocycles. The molecule has 0 fully saturated rings. The monoisotopic (exact) mass is 551 g/mol. The topological polar surface area (TPSA) is 144 Å². The lowest BCUT2D eigenvalue weighted by Gasteiger charge is -2.10.